The fourth-order valence-corrected chi connectivity index (χ4v) is 3.86. The Morgan fingerprint density at radius 2 is 1.85 bits per heavy atom. The zero-order chi connectivity index (χ0) is 14.2. The number of fused-ring (bicyclic) bond motifs is 1. The number of rotatable bonds is 2. The van der Waals surface area contributed by atoms with Gasteiger partial charge in [0.15, 0.2) is 0 Å². The maximum absolute atomic E-state index is 12.6. The molecule has 1 fully saturated rings. The van der Waals surface area contributed by atoms with E-state index in [-0.39, 0.29) is 4.90 Å². The van der Waals surface area contributed by atoms with Gasteiger partial charge >= 0.3 is 0 Å². The van der Waals surface area contributed by atoms with Crippen LogP contribution in [0.1, 0.15) is 0 Å². The summed E-state index contributed by atoms with van der Waals surface area (Å²) in [6.07, 6.45) is 0. The van der Waals surface area contributed by atoms with Crippen LogP contribution in [0.25, 0.3) is 0 Å². The van der Waals surface area contributed by atoms with Crippen LogP contribution in [0.2, 0.25) is 0 Å². The predicted octanol–water partition coefficient (Wildman–Crippen LogP) is 0.536. The molecule has 0 bridgehead atoms. The summed E-state index contributed by atoms with van der Waals surface area (Å²) in [6, 6.07) is 5.08. The van der Waals surface area contributed by atoms with Crippen molar-refractivity contribution in [1.82, 2.24) is 4.31 Å². The molecule has 2 aliphatic heterocycles. The van der Waals surface area contributed by atoms with Crippen LogP contribution in [0.3, 0.4) is 0 Å². The number of nitrogens with zero attached hydrogens (tertiary/aromatic N) is 2. The van der Waals surface area contributed by atoms with Gasteiger partial charge in [-0.2, -0.15) is 4.31 Å². The monoisotopic (exact) mass is 298 g/mol. The number of anilines is 1. The van der Waals surface area contributed by atoms with E-state index in [1.54, 1.807) is 12.1 Å². The van der Waals surface area contributed by atoms with Crippen molar-refractivity contribution in [1.29, 1.82) is 0 Å². The average Bonchev–Trinajstić information content (AvgIpc) is 2.48. The van der Waals surface area contributed by atoms with Crippen molar-refractivity contribution in [2.24, 2.45) is 0 Å². The first-order valence-electron chi connectivity index (χ1n) is 6.65. The van der Waals surface area contributed by atoms with Crippen LogP contribution >= 0.6 is 0 Å². The topological polar surface area (TPSA) is 59.1 Å². The molecule has 1 aromatic carbocycles. The molecule has 1 saturated heterocycles. The van der Waals surface area contributed by atoms with Crippen molar-refractivity contribution in [3.8, 4) is 5.75 Å². The van der Waals surface area contributed by atoms with Crippen LogP contribution in [0.4, 0.5) is 5.69 Å². The standard InChI is InChI=1S/C13H18N2O4S/c1-14-4-9-19-13-10-11(2-3-12(13)14)20(16,17)15-5-7-18-8-6-15/h2-3,10H,4-9H2,1H3. The van der Waals surface area contributed by atoms with Crippen LogP contribution < -0.4 is 9.64 Å². The fraction of sp³-hybridized carbons (Fsp3) is 0.538. The molecule has 0 N–H and O–H groups in total. The molecule has 0 amide bonds. The molecule has 0 saturated carbocycles. The molecule has 110 valence electrons. The summed E-state index contributed by atoms with van der Waals surface area (Å²) in [7, 11) is -1.49. The first-order chi connectivity index (χ1) is 9.59. The van der Waals surface area contributed by atoms with Crippen molar-refractivity contribution in [3.63, 3.8) is 0 Å². The molecule has 0 aliphatic carbocycles. The van der Waals surface area contributed by atoms with E-state index in [0.717, 1.165) is 12.2 Å². The molecule has 0 atom stereocenters. The van der Waals surface area contributed by atoms with Gasteiger partial charge in [0, 0.05) is 26.2 Å². The third-order valence-corrected chi connectivity index (χ3v) is 5.53. The van der Waals surface area contributed by atoms with Gasteiger partial charge in [0.2, 0.25) is 10.0 Å². The van der Waals surface area contributed by atoms with E-state index < -0.39 is 10.0 Å². The lowest BCUT2D eigenvalue weighted by atomic mass is 10.2. The van der Waals surface area contributed by atoms with Gasteiger partial charge in [-0.3, -0.25) is 0 Å². The highest BCUT2D eigenvalue weighted by Crippen LogP contribution is 2.33. The van der Waals surface area contributed by atoms with Crippen molar-refractivity contribution in [3.05, 3.63) is 18.2 Å². The molecule has 2 aliphatic rings. The number of hydrogen-bond acceptors (Lipinski definition) is 5. The van der Waals surface area contributed by atoms with E-state index in [1.807, 2.05) is 13.1 Å². The molecule has 6 nitrogen and oxygen atoms in total. The Balaban J connectivity index is 1.93. The number of morpholine rings is 1. The number of likely N-dealkylation sites (N-methyl/N-ethyl adjacent to an activating group) is 1. The minimum Gasteiger partial charge on any atom is -0.490 e. The first-order valence-corrected chi connectivity index (χ1v) is 8.09. The van der Waals surface area contributed by atoms with Crippen LogP contribution in [-0.4, -0.2) is 59.2 Å². The molecule has 1 aromatic rings. The lowest BCUT2D eigenvalue weighted by Gasteiger charge is -2.29. The summed E-state index contributed by atoms with van der Waals surface area (Å²) in [4.78, 5) is 2.35. The van der Waals surface area contributed by atoms with E-state index in [0.29, 0.717) is 38.7 Å². The quantitative estimate of drug-likeness (QED) is 0.797. The smallest absolute Gasteiger partial charge is 0.243 e. The highest BCUT2D eigenvalue weighted by molar-refractivity contribution is 7.89. The molecule has 0 aromatic heterocycles. The maximum atomic E-state index is 12.6. The second-order valence-corrected chi connectivity index (χ2v) is 6.85. The van der Waals surface area contributed by atoms with Crippen LogP contribution in [0.5, 0.6) is 5.75 Å². The van der Waals surface area contributed by atoms with E-state index >= 15 is 0 Å². The summed E-state index contributed by atoms with van der Waals surface area (Å²) >= 11 is 0. The molecule has 7 heteroatoms. The second-order valence-electron chi connectivity index (χ2n) is 4.92. The molecular formula is C13H18N2O4S. The fourth-order valence-electron chi connectivity index (χ4n) is 2.43. The normalized spacial score (nSPS) is 20.4. The Bertz CT molecular complexity index is 596. The van der Waals surface area contributed by atoms with Crippen LogP contribution in [0, 0.1) is 0 Å². The molecule has 20 heavy (non-hydrogen) atoms. The Labute approximate surface area is 118 Å². The molecule has 0 spiro atoms. The summed E-state index contributed by atoms with van der Waals surface area (Å²) in [5.74, 6) is 0.632. The summed E-state index contributed by atoms with van der Waals surface area (Å²) in [5.41, 5.74) is 0.928. The minimum atomic E-state index is -3.46. The number of sulfonamides is 1. The number of ether oxygens (including phenoxy) is 2. The Hall–Kier alpha value is -1.31. The van der Waals surface area contributed by atoms with E-state index in [9.17, 15) is 8.42 Å². The van der Waals surface area contributed by atoms with Gasteiger partial charge in [-0.1, -0.05) is 0 Å². The second kappa shape index (κ2) is 5.23. The van der Waals surface area contributed by atoms with E-state index in [2.05, 4.69) is 4.90 Å². The molecular weight excluding hydrogens is 280 g/mol. The average molecular weight is 298 g/mol. The highest BCUT2D eigenvalue weighted by atomic mass is 32.2. The molecule has 0 unspecified atom stereocenters. The van der Waals surface area contributed by atoms with Crippen LogP contribution in [0.15, 0.2) is 23.1 Å². The van der Waals surface area contributed by atoms with E-state index in [4.69, 9.17) is 9.47 Å². The zero-order valence-corrected chi connectivity index (χ0v) is 12.2. The van der Waals surface area contributed by atoms with Crippen LogP contribution in [-0.2, 0) is 14.8 Å². The van der Waals surface area contributed by atoms with Crippen molar-refractivity contribution < 1.29 is 17.9 Å². The minimum absolute atomic E-state index is 0.286. The highest BCUT2D eigenvalue weighted by Gasteiger charge is 2.28. The summed E-state index contributed by atoms with van der Waals surface area (Å²) in [5, 5.41) is 0. The first kappa shape index (κ1) is 13.7. The van der Waals surface area contributed by atoms with Gasteiger partial charge in [-0.05, 0) is 12.1 Å². The summed E-state index contributed by atoms with van der Waals surface area (Å²) in [6.45, 7) is 3.08. The van der Waals surface area contributed by atoms with Crippen molar-refractivity contribution in [2.75, 3.05) is 51.4 Å². The largest absolute Gasteiger partial charge is 0.490 e. The maximum Gasteiger partial charge on any atom is 0.243 e. The number of benzene rings is 1. The molecule has 2 heterocycles. The van der Waals surface area contributed by atoms with Gasteiger partial charge in [0.1, 0.15) is 12.4 Å². The lowest BCUT2D eigenvalue weighted by Crippen LogP contribution is -2.40. The molecule has 3 rings (SSSR count). The van der Waals surface area contributed by atoms with Crippen molar-refractivity contribution in [2.45, 2.75) is 4.90 Å². The third-order valence-electron chi connectivity index (χ3n) is 3.63. The SMILES string of the molecule is CN1CCOc2cc(S(=O)(=O)N3CCOCC3)ccc21. The zero-order valence-electron chi connectivity index (χ0n) is 11.4. The van der Waals surface area contributed by atoms with Gasteiger partial charge < -0.3 is 14.4 Å². The van der Waals surface area contributed by atoms with E-state index in [1.165, 1.54) is 4.31 Å². The Kier molecular flexibility index (Phi) is 3.57. The van der Waals surface area contributed by atoms with Gasteiger partial charge in [-0.15, -0.1) is 0 Å². The van der Waals surface area contributed by atoms with Crippen molar-refractivity contribution >= 4 is 15.7 Å². The number of hydrogen-bond donors (Lipinski definition) is 0. The predicted molar refractivity (Wildman–Crippen MR) is 74.8 cm³/mol. The lowest BCUT2D eigenvalue weighted by molar-refractivity contribution is 0.0730. The van der Waals surface area contributed by atoms with Gasteiger partial charge in [0.25, 0.3) is 0 Å². The summed E-state index contributed by atoms with van der Waals surface area (Å²) < 4.78 is 37.3. The van der Waals surface area contributed by atoms with Gasteiger partial charge in [-0.25, -0.2) is 8.42 Å². The van der Waals surface area contributed by atoms with Gasteiger partial charge in [0.05, 0.1) is 30.3 Å². The molecule has 0 radical (unpaired) electrons. The third kappa shape index (κ3) is 2.36. The Morgan fingerprint density at radius 1 is 1.10 bits per heavy atom. The Morgan fingerprint density at radius 3 is 2.60 bits per heavy atom.